The monoisotopic (exact) mass is 305 g/mol. The van der Waals surface area contributed by atoms with E-state index in [1.54, 1.807) is 11.3 Å². The van der Waals surface area contributed by atoms with Crippen molar-refractivity contribution in [3.63, 3.8) is 0 Å². The molecule has 1 aromatic heterocycles. The van der Waals surface area contributed by atoms with Gasteiger partial charge in [0.2, 0.25) is 0 Å². The van der Waals surface area contributed by atoms with E-state index in [2.05, 4.69) is 26.6 Å². The minimum Gasteiger partial charge on any atom is -0.388 e. The summed E-state index contributed by atoms with van der Waals surface area (Å²) in [5.74, 6) is 0. The molecule has 0 spiro atoms. The molecule has 1 aromatic rings. The molecule has 0 unspecified atom stereocenters. The third kappa shape index (κ3) is 3.28. The summed E-state index contributed by atoms with van der Waals surface area (Å²) < 4.78 is 6.39. The van der Waals surface area contributed by atoms with Crippen molar-refractivity contribution in [1.82, 2.24) is 5.32 Å². The second-order valence-electron chi connectivity index (χ2n) is 4.13. The molecule has 0 aliphatic carbocycles. The van der Waals surface area contributed by atoms with E-state index in [1.807, 2.05) is 6.07 Å². The van der Waals surface area contributed by atoms with E-state index in [1.165, 1.54) is 4.88 Å². The van der Waals surface area contributed by atoms with E-state index >= 15 is 0 Å². The van der Waals surface area contributed by atoms with Gasteiger partial charge < -0.3 is 15.2 Å². The molecule has 3 nitrogen and oxygen atoms in total. The van der Waals surface area contributed by atoms with Crippen molar-refractivity contribution in [2.24, 2.45) is 0 Å². The largest absolute Gasteiger partial charge is 0.388 e. The highest BCUT2D eigenvalue weighted by Crippen LogP contribution is 2.23. The number of hydrogen-bond acceptors (Lipinski definition) is 4. The molecule has 1 aliphatic heterocycles. The summed E-state index contributed by atoms with van der Waals surface area (Å²) in [6.45, 7) is 2.78. The minimum atomic E-state index is -0.581. The zero-order valence-corrected chi connectivity index (χ0v) is 11.4. The van der Waals surface area contributed by atoms with E-state index in [9.17, 15) is 5.11 Å². The molecular formula is C11H16BrNO2S. The first kappa shape index (κ1) is 12.5. The number of aliphatic hydroxyl groups is 1. The van der Waals surface area contributed by atoms with E-state index in [0.29, 0.717) is 19.8 Å². The van der Waals surface area contributed by atoms with Gasteiger partial charge >= 0.3 is 0 Å². The second kappa shape index (κ2) is 5.60. The van der Waals surface area contributed by atoms with Crippen LogP contribution in [0.1, 0.15) is 17.7 Å². The number of hydrogen-bond donors (Lipinski definition) is 2. The van der Waals surface area contributed by atoms with Crippen molar-refractivity contribution in [1.29, 1.82) is 0 Å². The van der Waals surface area contributed by atoms with Crippen LogP contribution < -0.4 is 5.32 Å². The predicted octanol–water partition coefficient (Wildman–Crippen LogP) is 2.14. The summed E-state index contributed by atoms with van der Waals surface area (Å²) in [4.78, 5) is 1.27. The van der Waals surface area contributed by atoms with Crippen LogP contribution in [0.5, 0.6) is 0 Å². The molecule has 90 valence electrons. The lowest BCUT2D eigenvalue weighted by Crippen LogP contribution is -2.44. The first-order chi connectivity index (χ1) is 7.70. The predicted molar refractivity (Wildman–Crippen MR) is 68.7 cm³/mol. The Balaban J connectivity index is 1.77. The van der Waals surface area contributed by atoms with Crippen molar-refractivity contribution >= 4 is 27.3 Å². The Kier molecular flexibility index (Phi) is 4.38. The van der Waals surface area contributed by atoms with Crippen LogP contribution in [0.25, 0.3) is 0 Å². The summed E-state index contributed by atoms with van der Waals surface area (Å²) >= 11 is 5.21. The third-order valence-electron chi connectivity index (χ3n) is 2.85. The lowest BCUT2D eigenvalue weighted by molar-refractivity contribution is -0.0616. The molecule has 2 heterocycles. The first-order valence-corrected chi connectivity index (χ1v) is 7.10. The van der Waals surface area contributed by atoms with Gasteiger partial charge in [-0.3, -0.25) is 0 Å². The maximum Gasteiger partial charge on any atom is 0.0815 e. The van der Waals surface area contributed by atoms with Gasteiger partial charge in [0, 0.05) is 48.5 Å². The van der Waals surface area contributed by atoms with Crippen LogP contribution in [-0.2, 0) is 11.3 Å². The molecule has 2 N–H and O–H groups in total. The van der Waals surface area contributed by atoms with Gasteiger partial charge in [-0.1, -0.05) is 0 Å². The van der Waals surface area contributed by atoms with Gasteiger partial charge in [0.25, 0.3) is 0 Å². The summed E-state index contributed by atoms with van der Waals surface area (Å²) in [5.41, 5.74) is -0.581. The van der Waals surface area contributed by atoms with Gasteiger partial charge in [-0.25, -0.2) is 0 Å². The Morgan fingerprint density at radius 3 is 2.88 bits per heavy atom. The van der Waals surface area contributed by atoms with Gasteiger partial charge in [0.05, 0.1) is 5.60 Å². The van der Waals surface area contributed by atoms with Crippen LogP contribution in [0.2, 0.25) is 0 Å². The fourth-order valence-corrected chi connectivity index (χ4v) is 3.25. The molecular weight excluding hydrogens is 290 g/mol. The first-order valence-electron chi connectivity index (χ1n) is 5.42. The van der Waals surface area contributed by atoms with E-state index in [-0.39, 0.29) is 0 Å². The fraction of sp³-hybridized carbons (Fsp3) is 0.636. The van der Waals surface area contributed by atoms with Crippen molar-refractivity contribution in [3.8, 4) is 0 Å². The molecule has 0 radical (unpaired) electrons. The average Bonchev–Trinajstić information content (AvgIpc) is 2.65. The Bertz CT molecular complexity index is 336. The van der Waals surface area contributed by atoms with Gasteiger partial charge in [-0.15, -0.1) is 11.3 Å². The summed E-state index contributed by atoms with van der Waals surface area (Å²) in [5, 5.41) is 15.6. The maximum atomic E-state index is 10.2. The number of ether oxygens (including phenoxy) is 1. The van der Waals surface area contributed by atoms with Crippen molar-refractivity contribution in [3.05, 3.63) is 20.8 Å². The zero-order valence-electron chi connectivity index (χ0n) is 9.04. The van der Waals surface area contributed by atoms with Crippen LogP contribution in [0.15, 0.2) is 15.9 Å². The summed E-state index contributed by atoms with van der Waals surface area (Å²) in [6, 6.07) is 2.05. The molecule has 0 bridgehead atoms. The van der Waals surface area contributed by atoms with Crippen LogP contribution in [0.3, 0.4) is 0 Å². The molecule has 1 saturated heterocycles. The van der Waals surface area contributed by atoms with Crippen molar-refractivity contribution < 1.29 is 9.84 Å². The topological polar surface area (TPSA) is 41.5 Å². The highest BCUT2D eigenvalue weighted by Gasteiger charge is 2.29. The summed E-state index contributed by atoms with van der Waals surface area (Å²) in [6.07, 6.45) is 1.46. The molecule has 0 saturated carbocycles. The highest BCUT2D eigenvalue weighted by molar-refractivity contribution is 9.10. The Labute approximate surface area is 108 Å². The van der Waals surface area contributed by atoms with Gasteiger partial charge in [0.1, 0.15) is 0 Å². The average molecular weight is 306 g/mol. The van der Waals surface area contributed by atoms with Crippen LogP contribution >= 0.6 is 27.3 Å². The molecule has 16 heavy (non-hydrogen) atoms. The van der Waals surface area contributed by atoms with Crippen LogP contribution in [-0.4, -0.2) is 30.5 Å². The maximum absolute atomic E-state index is 10.2. The lowest BCUT2D eigenvalue weighted by Gasteiger charge is -2.32. The van der Waals surface area contributed by atoms with E-state index in [4.69, 9.17) is 4.74 Å². The smallest absolute Gasteiger partial charge is 0.0815 e. The van der Waals surface area contributed by atoms with Crippen LogP contribution in [0.4, 0.5) is 0 Å². The molecule has 0 atom stereocenters. The summed E-state index contributed by atoms with van der Waals surface area (Å²) in [7, 11) is 0. The van der Waals surface area contributed by atoms with Gasteiger partial charge in [-0.2, -0.15) is 0 Å². The van der Waals surface area contributed by atoms with Gasteiger partial charge in [-0.05, 0) is 27.4 Å². The molecule has 1 fully saturated rings. The number of nitrogens with one attached hydrogen (secondary N) is 1. The zero-order chi connectivity index (χ0) is 11.4. The van der Waals surface area contributed by atoms with Crippen molar-refractivity contribution in [2.45, 2.75) is 25.0 Å². The normalized spacial score (nSPS) is 19.9. The molecule has 5 heteroatoms. The Morgan fingerprint density at radius 1 is 1.50 bits per heavy atom. The standard InChI is InChI=1S/C11H16BrNO2S/c12-9-1-6-16-10(9)7-13-8-11(14)2-4-15-5-3-11/h1,6,13-14H,2-5,7-8H2. The number of halogens is 1. The third-order valence-corrected chi connectivity index (χ3v) is 4.78. The quantitative estimate of drug-likeness (QED) is 0.895. The molecule has 2 rings (SSSR count). The van der Waals surface area contributed by atoms with E-state index in [0.717, 1.165) is 23.9 Å². The Hall–Kier alpha value is 0.0600. The Morgan fingerprint density at radius 2 is 2.25 bits per heavy atom. The molecule has 0 aromatic carbocycles. The number of thiophene rings is 1. The fourth-order valence-electron chi connectivity index (χ4n) is 1.79. The highest BCUT2D eigenvalue weighted by atomic mass is 79.9. The van der Waals surface area contributed by atoms with Crippen molar-refractivity contribution in [2.75, 3.05) is 19.8 Å². The van der Waals surface area contributed by atoms with Gasteiger partial charge in [0.15, 0.2) is 0 Å². The number of rotatable bonds is 4. The van der Waals surface area contributed by atoms with Crippen LogP contribution in [0, 0.1) is 0 Å². The molecule has 0 amide bonds. The second-order valence-corrected chi connectivity index (χ2v) is 5.99. The lowest BCUT2D eigenvalue weighted by atomic mass is 9.94. The van der Waals surface area contributed by atoms with E-state index < -0.39 is 5.60 Å². The SMILES string of the molecule is OC1(CNCc2sccc2Br)CCOCC1. The minimum absolute atomic E-state index is 0.581. The molecule has 1 aliphatic rings.